The van der Waals surface area contributed by atoms with E-state index in [2.05, 4.69) is 20.7 Å². The number of carbonyl (C=O) groups excluding carboxylic acids is 1. The molecule has 0 aliphatic carbocycles. The number of amides is 1. The van der Waals surface area contributed by atoms with Crippen LogP contribution in [0.2, 0.25) is 0 Å². The Morgan fingerprint density at radius 3 is 2.38 bits per heavy atom. The fourth-order valence-electron chi connectivity index (χ4n) is 2.46. The van der Waals surface area contributed by atoms with Gasteiger partial charge in [0.1, 0.15) is 5.75 Å². The van der Waals surface area contributed by atoms with Crippen LogP contribution in [-0.4, -0.2) is 20.9 Å². The van der Waals surface area contributed by atoms with Crippen LogP contribution in [0.15, 0.2) is 51.8 Å². The summed E-state index contributed by atoms with van der Waals surface area (Å²) in [5.41, 5.74) is 1.52. The van der Waals surface area contributed by atoms with Gasteiger partial charge in [-0.25, -0.2) is 13.1 Å². The van der Waals surface area contributed by atoms with E-state index in [0.717, 1.165) is 15.6 Å². The lowest BCUT2D eigenvalue weighted by Gasteiger charge is -2.15. The molecule has 1 amide bonds. The molecule has 0 fully saturated rings. The predicted molar refractivity (Wildman–Crippen MR) is 105 cm³/mol. The van der Waals surface area contributed by atoms with Gasteiger partial charge in [0, 0.05) is 4.47 Å². The fraction of sp³-hybridized carbons (Fsp3) is 0.316. The lowest BCUT2D eigenvalue weighted by atomic mass is 10.0. The summed E-state index contributed by atoms with van der Waals surface area (Å²) < 4.78 is 33.7. The van der Waals surface area contributed by atoms with Gasteiger partial charge in [0.2, 0.25) is 5.91 Å². The first-order valence-corrected chi connectivity index (χ1v) is 10.6. The Morgan fingerprint density at radius 2 is 1.81 bits per heavy atom. The van der Waals surface area contributed by atoms with Gasteiger partial charge < -0.3 is 4.74 Å². The van der Waals surface area contributed by atoms with Gasteiger partial charge in [0.05, 0.1) is 17.9 Å². The number of carbonyl (C=O) groups is 1. The van der Waals surface area contributed by atoms with E-state index in [0.29, 0.717) is 12.4 Å². The zero-order valence-electron chi connectivity index (χ0n) is 15.0. The van der Waals surface area contributed by atoms with Crippen LogP contribution in [-0.2, 0) is 21.2 Å². The highest BCUT2D eigenvalue weighted by Crippen LogP contribution is 2.29. The third-order valence-electron chi connectivity index (χ3n) is 3.74. The van der Waals surface area contributed by atoms with Gasteiger partial charge in [0.15, 0.2) is 0 Å². The summed E-state index contributed by atoms with van der Waals surface area (Å²) in [4.78, 5) is 12.2. The number of nitrogens with one attached hydrogen (secondary N) is 1. The molecule has 0 bridgehead atoms. The van der Waals surface area contributed by atoms with Crippen molar-refractivity contribution >= 4 is 31.9 Å². The topological polar surface area (TPSA) is 72.5 Å². The smallest absolute Gasteiger partial charge is 0.264 e. The Balaban J connectivity index is 2.19. The molecule has 140 valence electrons. The van der Waals surface area contributed by atoms with Crippen LogP contribution in [0.3, 0.4) is 0 Å². The molecule has 0 atom stereocenters. The zero-order chi connectivity index (χ0) is 19.3. The minimum absolute atomic E-state index is 0.0133. The Hall–Kier alpha value is -1.86. The van der Waals surface area contributed by atoms with Crippen LogP contribution in [0.5, 0.6) is 5.75 Å². The molecule has 0 aromatic heterocycles. The maximum atomic E-state index is 12.6. The van der Waals surface area contributed by atoms with Crippen molar-refractivity contribution in [2.24, 2.45) is 0 Å². The average molecular weight is 440 g/mol. The van der Waals surface area contributed by atoms with Crippen LogP contribution >= 0.6 is 15.9 Å². The van der Waals surface area contributed by atoms with E-state index in [1.807, 2.05) is 20.8 Å². The minimum atomic E-state index is -3.94. The predicted octanol–water partition coefficient (Wildman–Crippen LogP) is 4.02. The molecule has 0 radical (unpaired) electrons. The Labute approximate surface area is 162 Å². The van der Waals surface area contributed by atoms with E-state index >= 15 is 0 Å². The Kier molecular flexibility index (Phi) is 6.83. The molecule has 0 saturated carbocycles. The molecule has 0 heterocycles. The minimum Gasteiger partial charge on any atom is -0.494 e. The van der Waals surface area contributed by atoms with E-state index in [4.69, 9.17) is 4.74 Å². The summed E-state index contributed by atoms with van der Waals surface area (Å²) in [5.74, 6) is 0.167. The van der Waals surface area contributed by atoms with Gasteiger partial charge in [0.25, 0.3) is 10.0 Å². The van der Waals surface area contributed by atoms with Crippen LogP contribution in [0.1, 0.15) is 37.8 Å². The Bertz CT molecular complexity index is 877. The quantitative estimate of drug-likeness (QED) is 0.706. The standard InChI is InChI=1S/C19H22BrNO4S/c1-4-25-18-10-9-16(12-17(18)13(2)3)26(23,24)21-19(22)11-14-5-7-15(20)8-6-14/h5-10,12-13H,4,11H2,1-3H3,(H,21,22). The maximum Gasteiger partial charge on any atom is 0.264 e. The molecule has 2 rings (SSSR count). The van der Waals surface area contributed by atoms with Crippen molar-refractivity contribution < 1.29 is 17.9 Å². The first-order chi connectivity index (χ1) is 12.2. The zero-order valence-corrected chi connectivity index (χ0v) is 17.4. The molecule has 5 nitrogen and oxygen atoms in total. The Morgan fingerprint density at radius 1 is 1.15 bits per heavy atom. The van der Waals surface area contributed by atoms with Crippen LogP contribution in [0.4, 0.5) is 0 Å². The highest BCUT2D eigenvalue weighted by Gasteiger charge is 2.20. The van der Waals surface area contributed by atoms with Crippen molar-refractivity contribution in [3.63, 3.8) is 0 Å². The fourth-order valence-corrected chi connectivity index (χ4v) is 3.75. The molecule has 0 aliphatic heterocycles. The molecule has 0 unspecified atom stereocenters. The van der Waals surface area contributed by atoms with Crippen molar-refractivity contribution in [2.75, 3.05) is 6.61 Å². The normalized spacial score (nSPS) is 11.4. The third kappa shape index (κ3) is 5.32. The molecule has 0 aliphatic rings. The molecule has 2 aromatic rings. The molecule has 26 heavy (non-hydrogen) atoms. The van der Waals surface area contributed by atoms with Crippen LogP contribution in [0.25, 0.3) is 0 Å². The van der Waals surface area contributed by atoms with E-state index in [1.165, 1.54) is 6.07 Å². The number of hydrogen-bond donors (Lipinski definition) is 1. The molecule has 0 saturated heterocycles. The average Bonchev–Trinajstić information content (AvgIpc) is 2.56. The highest BCUT2D eigenvalue weighted by molar-refractivity contribution is 9.10. The van der Waals surface area contributed by atoms with Crippen LogP contribution < -0.4 is 9.46 Å². The van der Waals surface area contributed by atoms with Crippen molar-refractivity contribution in [3.8, 4) is 5.75 Å². The summed E-state index contributed by atoms with van der Waals surface area (Å²) in [5, 5.41) is 0. The van der Waals surface area contributed by atoms with E-state index < -0.39 is 15.9 Å². The van der Waals surface area contributed by atoms with Gasteiger partial charge in [-0.2, -0.15) is 0 Å². The van der Waals surface area contributed by atoms with Crippen molar-refractivity contribution in [1.29, 1.82) is 0 Å². The van der Waals surface area contributed by atoms with Gasteiger partial charge >= 0.3 is 0 Å². The number of rotatable bonds is 7. The molecule has 0 spiro atoms. The first-order valence-electron chi connectivity index (χ1n) is 8.29. The summed E-state index contributed by atoms with van der Waals surface area (Å²) in [6.07, 6.45) is -0.0133. The summed E-state index contributed by atoms with van der Waals surface area (Å²) in [6, 6.07) is 11.8. The second kappa shape index (κ2) is 8.68. The van der Waals surface area contributed by atoms with E-state index in [-0.39, 0.29) is 17.2 Å². The molecular formula is C19H22BrNO4S. The van der Waals surface area contributed by atoms with Gasteiger partial charge in [-0.3, -0.25) is 4.79 Å². The number of halogens is 1. The van der Waals surface area contributed by atoms with Gasteiger partial charge in [-0.15, -0.1) is 0 Å². The monoisotopic (exact) mass is 439 g/mol. The highest BCUT2D eigenvalue weighted by atomic mass is 79.9. The van der Waals surface area contributed by atoms with Crippen molar-refractivity contribution in [3.05, 3.63) is 58.1 Å². The summed E-state index contributed by atoms with van der Waals surface area (Å²) >= 11 is 3.32. The van der Waals surface area contributed by atoms with E-state index in [9.17, 15) is 13.2 Å². The molecule has 2 aromatic carbocycles. The number of hydrogen-bond acceptors (Lipinski definition) is 4. The van der Waals surface area contributed by atoms with Crippen LogP contribution in [0, 0.1) is 0 Å². The van der Waals surface area contributed by atoms with Gasteiger partial charge in [-0.1, -0.05) is 41.9 Å². The second-order valence-electron chi connectivity index (χ2n) is 6.12. The second-order valence-corrected chi connectivity index (χ2v) is 8.72. The number of sulfonamides is 1. The SMILES string of the molecule is CCOc1ccc(S(=O)(=O)NC(=O)Cc2ccc(Br)cc2)cc1C(C)C. The lowest BCUT2D eigenvalue weighted by molar-refractivity contribution is -0.118. The van der Waals surface area contributed by atoms with E-state index in [1.54, 1.807) is 36.4 Å². The first kappa shape index (κ1) is 20.5. The molecule has 1 N–H and O–H groups in total. The number of benzene rings is 2. The molecular weight excluding hydrogens is 418 g/mol. The molecule has 7 heteroatoms. The summed E-state index contributed by atoms with van der Waals surface area (Å²) in [6.45, 7) is 6.29. The third-order valence-corrected chi connectivity index (χ3v) is 5.64. The van der Waals surface area contributed by atoms with Crippen molar-refractivity contribution in [1.82, 2.24) is 4.72 Å². The summed E-state index contributed by atoms with van der Waals surface area (Å²) in [7, 11) is -3.94. The maximum absolute atomic E-state index is 12.6. The number of ether oxygens (including phenoxy) is 1. The van der Waals surface area contributed by atoms with Crippen molar-refractivity contribution in [2.45, 2.75) is 38.0 Å². The van der Waals surface area contributed by atoms with Gasteiger partial charge in [-0.05, 0) is 54.3 Å². The largest absolute Gasteiger partial charge is 0.494 e. The lowest BCUT2D eigenvalue weighted by Crippen LogP contribution is -2.31.